The first-order chi connectivity index (χ1) is 9.15. The van der Waals surface area contributed by atoms with Crippen LogP contribution < -0.4 is 5.32 Å². The molecule has 0 heterocycles. The Morgan fingerprint density at radius 3 is 2.89 bits per heavy atom. The molecular weight excluding hydrogens is 268 g/mol. The van der Waals surface area contributed by atoms with Crippen LogP contribution in [-0.4, -0.2) is 24.7 Å². The summed E-state index contributed by atoms with van der Waals surface area (Å²) >= 11 is 5.75. The van der Waals surface area contributed by atoms with Crippen LogP contribution in [-0.2, 0) is 11.3 Å². The molecule has 0 saturated heterocycles. The SMILES string of the molecule is CCCCOCCNCc1ccc(Cl)cc1[N+](=O)[O-]. The number of hydrogen-bond donors (Lipinski definition) is 1. The van der Waals surface area contributed by atoms with Crippen molar-refractivity contribution >= 4 is 17.3 Å². The first-order valence-electron chi connectivity index (χ1n) is 6.36. The second kappa shape index (κ2) is 8.85. The Morgan fingerprint density at radius 1 is 1.42 bits per heavy atom. The Bertz CT molecular complexity index is 413. The van der Waals surface area contributed by atoms with E-state index in [9.17, 15) is 10.1 Å². The van der Waals surface area contributed by atoms with E-state index in [-0.39, 0.29) is 5.69 Å². The third-order valence-corrected chi connectivity index (χ3v) is 2.86. The largest absolute Gasteiger partial charge is 0.380 e. The molecule has 0 unspecified atom stereocenters. The van der Waals surface area contributed by atoms with Crippen LogP contribution in [0.1, 0.15) is 25.3 Å². The van der Waals surface area contributed by atoms with Crippen molar-refractivity contribution in [2.24, 2.45) is 0 Å². The lowest BCUT2D eigenvalue weighted by atomic mass is 10.2. The highest BCUT2D eigenvalue weighted by Gasteiger charge is 2.13. The molecule has 0 atom stereocenters. The molecule has 0 spiro atoms. The van der Waals surface area contributed by atoms with E-state index in [4.69, 9.17) is 16.3 Å². The lowest BCUT2D eigenvalue weighted by Crippen LogP contribution is -2.20. The number of benzene rings is 1. The second-order valence-corrected chi connectivity index (χ2v) is 4.61. The zero-order valence-corrected chi connectivity index (χ0v) is 11.8. The number of unbranched alkanes of at least 4 members (excludes halogenated alkanes) is 1. The van der Waals surface area contributed by atoms with Gasteiger partial charge in [-0.25, -0.2) is 0 Å². The number of nitro benzene ring substituents is 1. The van der Waals surface area contributed by atoms with Gasteiger partial charge in [-0.1, -0.05) is 24.9 Å². The highest BCUT2D eigenvalue weighted by atomic mass is 35.5. The van der Waals surface area contributed by atoms with Crippen LogP contribution >= 0.6 is 11.6 Å². The molecule has 6 heteroatoms. The molecule has 5 nitrogen and oxygen atoms in total. The first-order valence-corrected chi connectivity index (χ1v) is 6.74. The Morgan fingerprint density at radius 2 is 2.21 bits per heavy atom. The predicted molar refractivity (Wildman–Crippen MR) is 75.5 cm³/mol. The normalized spacial score (nSPS) is 10.6. The molecule has 1 aromatic rings. The quantitative estimate of drug-likeness (QED) is 0.430. The number of halogens is 1. The molecule has 0 aromatic heterocycles. The van der Waals surface area contributed by atoms with Crippen molar-refractivity contribution in [1.82, 2.24) is 5.32 Å². The zero-order chi connectivity index (χ0) is 14.1. The van der Waals surface area contributed by atoms with E-state index in [0.717, 1.165) is 19.4 Å². The summed E-state index contributed by atoms with van der Waals surface area (Å²) in [5, 5.41) is 14.4. The maximum Gasteiger partial charge on any atom is 0.275 e. The van der Waals surface area contributed by atoms with E-state index in [1.165, 1.54) is 6.07 Å². The topological polar surface area (TPSA) is 64.4 Å². The molecule has 0 amide bonds. The van der Waals surface area contributed by atoms with Gasteiger partial charge in [0.2, 0.25) is 0 Å². The second-order valence-electron chi connectivity index (χ2n) is 4.17. The Hall–Kier alpha value is -1.17. The van der Waals surface area contributed by atoms with Gasteiger partial charge in [0.15, 0.2) is 0 Å². The third kappa shape index (κ3) is 6.00. The molecule has 1 N–H and O–H groups in total. The van der Waals surface area contributed by atoms with Gasteiger partial charge in [-0.2, -0.15) is 0 Å². The van der Waals surface area contributed by atoms with Crippen molar-refractivity contribution in [3.63, 3.8) is 0 Å². The van der Waals surface area contributed by atoms with Gasteiger partial charge in [-0.05, 0) is 18.6 Å². The van der Waals surface area contributed by atoms with Crippen molar-refractivity contribution < 1.29 is 9.66 Å². The van der Waals surface area contributed by atoms with Gasteiger partial charge < -0.3 is 10.1 Å². The van der Waals surface area contributed by atoms with Gasteiger partial charge in [-0.15, -0.1) is 0 Å². The summed E-state index contributed by atoms with van der Waals surface area (Å²) < 4.78 is 5.39. The molecule has 0 bridgehead atoms. The summed E-state index contributed by atoms with van der Waals surface area (Å²) in [5.74, 6) is 0. The molecule has 106 valence electrons. The van der Waals surface area contributed by atoms with Crippen molar-refractivity contribution in [1.29, 1.82) is 0 Å². The van der Waals surface area contributed by atoms with E-state index in [0.29, 0.717) is 30.3 Å². The molecule has 0 aliphatic rings. The summed E-state index contributed by atoms with van der Waals surface area (Å²) in [6, 6.07) is 4.70. The van der Waals surface area contributed by atoms with E-state index in [1.807, 2.05) is 0 Å². The number of rotatable bonds is 9. The number of nitro groups is 1. The maximum absolute atomic E-state index is 10.9. The fourth-order valence-corrected chi connectivity index (χ4v) is 1.74. The van der Waals surface area contributed by atoms with Crippen molar-refractivity contribution in [3.8, 4) is 0 Å². The summed E-state index contributed by atoms with van der Waals surface area (Å²) in [6.45, 7) is 4.59. The van der Waals surface area contributed by atoms with E-state index in [2.05, 4.69) is 12.2 Å². The average Bonchev–Trinajstić information content (AvgIpc) is 2.39. The lowest BCUT2D eigenvalue weighted by molar-refractivity contribution is -0.385. The smallest absolute Gasteiger partial charge is 0.275 e. The van der Waals surface area contributed by atoms with Crippen molar-refractivity contribution in [3.05, 3.63) is 38.9 Å². The molecule has 0 fully saturated rings. The summed E-state index contributed by atoms with van der Waals surface area (Å²) in [4.78, 5) is 10.5. The highest BCUT2D eigenvalue weighted by molar-refractivity contribution is 6.30. The van der Waals surface area contributed by atoms with Crippen LogP contribution in [0.25, 0.3) is 0 Å². The fraction of sp³-hybridized carbons (Fsp3) is 0.538. The van der Waals surface area contributed by atoms with E-state index < -0.39 is 4.92 Å². The number of ether oxygens (including phenoxy) is 1. The van der Waals surface area contributed by atoms with Gasteiger partial charge >= 0.3 is 0 Å². The molecule has 0 radical (unpaired) electrons. The van der Waals surface area contributed by atoms with Crippen LogP contribution in [0.2, 0.25) is 5.02 Å². The van der Waals surface area contributed by atoms with E-state index in [1.54, 1.807) is 12.1 Å². The molecule has 0 aliphatic heterocycles. The Kier molecular flexibility index (Phi) is 7.40. The lowest BCUT2D eigenvalue weighted by Gasteiger charge is -2.07. The van der Waals surface area contributed by atoms with Crippen molar-refractivity contribution in [2.75, 3.05) is 19.8 Å². The van der Waals surface area contributed by atoms with Crippen LogP contribution in [0.3, 0.4) is 0 Å². The standard InChI is InChI=1S/C13H19ClN2O3/c1-2-3-7-19-8-6-15-10-11-4-5-12(14)9-13(11)16(17)18/h4-5,9,15H,2-3,6-8,10H2,1H3. The summed E-state index contributed by atoms with van der Waals surface area (Å²) in [7, 11) is 0. The predicted octanol–water partition coefficient (Wildman–Crippen LogP) is 3.15. The number of nitrogens with one attached hydrogen (secondary N) is 1. The van der Waals surface area contributed by atoms with Gasteiger partial charge in [0, 0.05) is 36.3 Å². The molecule has 0 aliphatic carbocycles. The Labute approximate surface area is 118 Å². The Balaban J connectivity index is 2.35. The number of hydrogen-bond acceptors (Lipinski definition) is 4. The fourth-order valence-electron chi connectivity index (χ4n) is 1.57. The monoisotopic (exact) mass is 286 g/mol. The molecule has 0 saturated carbocycles. The van der Waals surface area contributed by atoms with Crippen LogP contribution in [0.5, 0.6) is 0 Å². The minimum Gasteiger partial charge on any atom is -0.380 e. The maximum atomic E-state index is 10.9. The number of nitrogens with zero attached hydrogens (tertiary/aromatic N) is 1. The minimum absolute atomic E-state index is 0.0481. The van der Waals surface area contributed by atoms with Gasteiger partial charge in [-0.3, -0.25) is 10.1 Å². The molecule has 19 heavy (non-hydrogen) atoms. The van der Waals surface area contributed by atoms with Crippen LogP contribution in [0.4, 0.5) is 5.69 Å². The van der Waals surface area contributed by atoms with E-state index >= 15 is 0 Å². The van der Waals surface area contributed by atoms with Gasteiger partial charge in [0.05, 0.1) is 11.5 Å². The highest BCUT2D eigenvalue weighted by Crippen LogP contribution is 2.22. The molecule has 1 aromatic carbocycles. The van der Waals surface area contributed by atoms with Gasteiger partial charge in [0.25, 0.3) is 5.69 Å². The van der Waals surface area contributed by atoms with Crippen molar-refractivity contribution in [2.45, 2.75) is 26.3 Å². The molecular formula is C13H19ClN2O3. The zero-order valence-electron chi connectivity index (χ0n) is 11.0. The average molecular weight is 287 g/mol. The van der Waals surface area contributed by atoms with Gasteiger partial charge in [0.1, 0.15) is 0 Å². The minimum atomic E-state index is -0.416. The molecule has 1 rings (SSSR count). The third-order valence-electron chi connectivity index (χ3n) is 2.62. The van der Waals surface area contributed by atoms with Crippen LogP contribution in [0, 0.1) is 10.1 Å². The first kappa shape index (κ1) is 15.9. The summed E-state index contributed by atoms with van der Waals surface area (Å²) in [6.07, 6.45) is 2.17. The van der Waals surface area contributed by atoms with Crippen LogP contribution in [0.15, 0.2) is 18.2 Å². The summed E-state index contributed by atoms with van der Waals surface area (Å²) in [5.41, 5.74) is 0.676.